The highest BCUT2D eigenvalue weighted by Crippen LogP contribution is 2.32. The minimum atomic E-state index is -1.34. The molecule has 16 heavy (non-hydrogen) atoms. The van der Waals surface area contributed by atoms with E-state index in [0.717, 1.165) is 6.07 Å². The maximum absolute atomic E-state index is 13.6. The summed E-state index contributed by atoms with van der Waals surface area (Å²) in [6.07, 6.45) is 0. The zero-order chi connectivity index (χ0) is 11.9. The Kier molecular flexibility index (Phi) is 2.63. The van der Waals surface area contributed by atoms with Gasteiger partial charge in [-0.15, -0.1) is 0 Å². The van der Waals surface area contributed by atoms with E-state index in [1.807, 2.05) is 0 Å². The van der Waals surface area contributed by atoms with Crippen LogP contribution in [0.25, 0.3) is 11.3 Å². The van der Waals surface area contributed by atoms with Crippen LogP contribution in [0.4, 0.5) is 19.1 Å². The number of nitrogens with two attached hydrogens (primary N) is 1. The van der Waals surface area contributed by atoms with E-state index >= 15 is 0 Å². The van der Waals surface area contributed by atoms with Crippen LogP contribution in [0.2, 0.25) is 0 Å². The predicted molar refractivity (Wildman–Crippen MR) is 53.9 cm³/mol. The molecule has 7 heteroatoms. The molecule has 0 aliphatic heterocycles. The standard InChI is InChI=1S/C9H4BrF3N2O/c10-3-1-4(11)9(13)7(8(3)12)5-2-6(14)16-15-5/h1-2H,14H2. The van der Waals surface area contributed by atoms with E-state index in [2.05, 4.69) is 25.6 Å². The number of nitrogens with zero attached hydrogens (tertiary/aromatic N) is 1. The highest BCUT2D eigenvalue weighted by atomic mass is 79.9. The second-order valence-electron chi connectivity index (χ2n) is 2.96. The predicted octanol–water partition coefficient (Wildman–Crippen LogP) is 3.10. The monoisotopic (exact) mass is 292 g/mol. The van der Waals surface area contributed by atoms with Crippen molar-refractivity contribution in [3.63, 3.8) is 0 Å². The first-order valence-electron chi connectivity index (χ1n) is 4.06. The average molecular weight is 293 g/mol. The summed E-state index contributed by atoms with van der Waals surface area (Å²) < 4.78 is 44.3. The van der Waals surface area contributed by atoms with Gasteiger partial charge in [0.1, 0.15) is 11.5 Å². The number of anilines is 1. The summed E-state index contributed by atoms with van der Waals surface area (Å²) in [5.74, 6) is -3.61. The molecule has 2 N–H and O–H groups in total. The van der Waals surface area contributed by atoms with Crippen molar-refractivity contribution in [3.05, 3.63) is 34.1 Å². The molecule has 0 saturated carbocycles. The Labute approximate surface area is 96.2 Å². The summed E-state index contributed by atoms with van der Waals surface area (Å²) >= 11 is 2.76. The van der Waals surface area contributed by atoms with Crippen LogP contribution >= 0.6 is 15.9 Å². The van der Waals surface area contributed by atoms with E-state index in [0.29, 0.717) is 6.07 Å². The number of rotatable bonds is 1. The highest BCUT2D eigenvalue weighted by Gasteiger charge is 2.21. The molecule has 3 nitrogen and oxygen atoms in total. The van der Waals surface area contributed by atoms with E-state index in [1.165, 1.54) is 0 Å². The average Bonchev–Trinajstić information content (AvgIpc) is 2.62. The van der Waals surface area contributed by atoms with Crippen LogP contribution in [0.3, 0.4) is 0 Å². The quantitative estimate of drug-likeness (QED) is 0.822. The lowest BCUT2D eigenvalue weighted by atomic mass is 10.1. The molecule has 1 aromatic heterocycles. The van der Waals surface area contributed by atoms with Crippen LogP contribution in [0.15, 0.2) is 21.1 Å². The molecule has 0 aliphatic carbocycles. The Hall–Kier alpha value is -1.50. The zero-order valence-electron chi connectivity index (χ0n) is 7.60. The summed E-state index contributed by atoms with van der Waals surface area (Å²) in [4.78, 5) is 0. The van der Waals surface area contributed by atoms with E-state index in [1.54, 1.807) is 0 Å². The first kappa shape index (κ1) is 11.0. The molecule has 0 unspecified atom stereocenters. The molecule has 2 aromatic rings. The van der Waals surface area contributed by atoms with Crippen molar-refractivity contribution < 1.29 is 17.7 Å². The molecule has 0 atom stereocenters. The molecule has 0 radical (unpaired) electrons. The minimum absolute atomic E-state index is 0.116. The molecule has 2 rings (SSSR count). The Balaban J connectivity index is 2.73. The largest absolute Gasteiger partial charge is 0.368 e. The third-order valence-corrected chi connectivity index (χ3v) is 2.47. The summed E-state index contributed by atoms with van der Waals surface area (Å²) in [6, 6.07) is 1.80. The molecule has 0 bridgehead atoms. The fraction of sp³-hybridized carbons (Fsp3) is 0. The van der Waals surface area contributed by atoms with Crippen molar-refractivity contribution in [3.8, 4) is 11.3 Å². The van der Waals surface area contributed by atoms with Gasteiger partial charge in [-0.2, -0.15) is 0 Å². The third-order valence-electron chi connectivity index (χ3n) is 1.90. The first-order valence-corrected chi connectivity index (χ1v) is 4.85. The molecule has 1 aromatic carbocycles. The van der Waals surface area contributed by atoms with Gasteiger partial charge < -0.3 is 10.3 Å². The van der Waals surface area contributed by atoms with Crippen molar-refractivity contribution in [2.24, 2.45) is 0 Å². The van der Waals surface area contributed by atoms with Gasteiger partial charge in [0, 0.05) is 6.07 Å². The topological polar surface area (TPSA) is 52.0 Å². The van der Waals surface area contributed by atoms with Gasteiger partial charge in [-0.3, -0.25) is 0 Å². The fourth-order valence-electron chi connectivity index (χ4n) is 1.21. The maximum atomic E-state index is 13.6. The fourth-order valence-corrected chi connectivity index (χ4v) is 1.60. The lowest BCUT2D eigenvalue weighted by molar-refractivity contribution is 0.436. The second-order valence-corrected chi connectivity index (χ2v) is 3.81. The summed E-state index contributed by atoms with van der Waals surface area (Å²) in [6.45, 7) is 0. The van der Waals surface area contributed by atoms with Crippen molar-refractivity contribution in [1.82, 2.24) is 5.16 Å². The maximum Gasteiger partial charge on any atom is 0.222 e. The van der Waals surface area contributed by atoms with Crippen LogP contribution in [-0.4, -0.2) is 5.16 Å². The molecule has 0 saturated heterocycles. The van der Waals surface area contributed by atoms with Crippen LogP contribution in [0.5, 0.6) is 0 Å². The van der Waals surface area contributed by atoms with Gasteiger partial charge in [-0.05, 0) is 22.0 Å². The van der Waals surface area contributed by atoms with Gasteiger partial charge in [-0.25, -0.2) is 13.2 Å². The van der Waals surface area contributed by atoms with E-state index in [4.69, 9.17) is 5.73 Å². The number of aromatic nitrogens is 1. The minimum Gasteiger partial charge on any atom is -0.368 e. The van der Waals surface area contributed by atoms with Gasteiger partial charge in [-0.1, -0.05) is 5.16 Å². The summed E-state index contributed by atoms with van der Waals surface area (Å²) in [5.41, 5.74) is 4.39. The normalized spacial score (nSPS) is 10.8. The molecule has 0 spiro atoms. The number of hydrogen-bond acceptors (Lipinski definition) is 3. The van der Waals surface area contributed by atoms with Crippen molar-refractivity contribution in [2.45, 2.75) is 0 Å². The zero-order valence-corrected chi connectivity index (χ0v) is 9.19. The molecular formula is C9H4BrF3N2O. The molecule has 84 valence electrons. The Bertz CT molecular complexity index is 530. The molecular weight excluding hydrogens is 289 g/mol. The van der Waals surface area contributed by atoms with Gasteiger partial charge in [0.25, 0.3) is 0 Å². The van der Waals surface area contributed by atoms with E-state index in [-0.39, 0.29) is 16.1 Å². The number of hydrogen-bond donors (Lipinski definition) is 1. The van der Waals surface area contributed by atoms with Crippen LogP contribution in [-0.2, 0) is 0 Å². The van der Waals surface area contributed by atoms with Gasteiger partial charge in [0.05, 0.1) is 10.0 Å². The van der Waals surface area contributed by atoms with E-state index in [9.17, 15) is 13.2 Å². The SMILES string of the molecule is Nc1cc(-c2c(F)c(F)cc(Br)c2F)no1. The molecule has 0 amide bonds. The highest BCUT2D eigenvalue weighted by molar-refractivity contribution is 9.10. The lowest BCUT2D eigenvalue weighted by Crippen LogP contribution is -1.96. The molecule has 0 aliphatic rings. The summed E-state index contributed by atoms with van der Waals surface area (Å²) in [7, 11) is 0. The molecule has 1 heterocycles. The van der Waals surface area contributed by atoms with Crippen molar-refractivity contribution >= 4 is 21.8 Å². The van der Waals surface area contributed by atoms with Crippen LogP contribution < -0.4 is 5.73 Å². The van der Waals surface area contributed by atoms with E-state index < -0.39 is 23.0 Å². The smallest absolute Gasteiger partial charge is 0.222 e. The summed E-state index contributed by atoms with van der Waals surface area (Å²) in [5, 5.41) is 3.32. The Morgan fingerprint density at radius 1 is 1.19 bits per heavy atom. The lowest BCUT2D eigenvalue weighted by Gasteiger charge is -2.03. The van der Waals surface area contributed by atoms with Crippen molar-refractivity contribution in [2.75, 3.05) is 5.73 Å². The molecule has 0 fully saturated rings. The van der Waals surface area contributed by atoms with Crippen LogP contribution in [0.1, 0.15) is 0 Å². The number of halogens is 4. The van der Waals surface area contributed by atoms with Crippen molar-refractivity contribution in [1.29, 1.82) is 0 Å². The van der Waals surface area contributed by atoms with Gasteiger partial charge in [0.2, 0.25) is 5.88 Å². The third kappa shape index (κ3) is 1.67. The number of benzene rings is 1. The number of nitrogen functional groups attached to an aromatic ring is 1. The van der Waals surface area contributed by atoms with Crippen LogP contribution in [0, 0.1) is 17.5 Å². The van der Waals surface area contributed by atoms with Gasteiger partial charge in [0.15, 0.2) is 11.6 Å². The van der Waals surface area contributed by atoms with Gasteiger partial charge >= 0.3 is 0 Å². The Morgan fingerprint density at radius 3 is 2.44 bits per heavy atom. The Morgan fingerprint density at radius 2 is 1.88 bits per heavy atom. The first-order chi connectivity index (χ1) is 7.50. The second kappa shape index (κ2) is 3.82.